The Bertz CT molecular complexity index is 782. The second-order valence-electron chi connectivity index (χ2n) is 7.42. The van der Waals surface area contributed by atoms with E-state index in [9.17, 15) is 9.59 Å². The summed E-state index contributed by atoms with van der Waals surface area (Å²) in [5, 5.41) is 0. The van der Waals surface area contributed by atoms with Gasteiger partial charge in [0.05, 0.1) is 11.8 Å². The van der Waals surface area contributed by atoms with Crippen molar-refractivity contribution in [3.63, 3.8) is 0 Å². The molecule has 2 aromatic rings. The normalized spacial score (nSPS) is 12.9. The van der Waals surface area contributed by atoms with Crippen molar-refractivity contribution in [1.82, 2.24) is 0 Å². The Balaban J connectivity index is 2.19. The molecule has 0 aliphatic heterocycles. The van der Waals surface area contributed by atoms with Crippen LogP contribution in [0.3, 0.4) is 0 Å². The number of carbonyl (C=O) groups is 2. The quantitative estimate of drug-likeness (QED) is 0.444. The van der Waals surface area contributed by atoms with Crippen LogP contribution in [0.4, 0.5) is 0 Å². The van der Waals surface area contributed by atoms with Gasteiger partial charge in [-0.3, -0.25) is 9.59 Å². The molecule has 2 atom stereocenters. The molecule has 0 saturated carbocycles. The third-order valence-electron chi connectivity index (χ3n) is 5.13. The van der Waals surface area contributed by atoms with Gasteiger partial charge in [0.25, 0.3) is 0 Å². The number of hydrogen-bond donors (Lipinski definition) is 0. The molecule has 0 saturated heterocycles. The van der Waals surface area contributed by atoms with Crippen molar-refractivity contribution in [2.45, 2.75) is 54.4 Å². The van der Waals surface area contributed by atoms with Crippen LogP contribution in [0, 0.1) is 25.7 Å². The smallest absolute Gasteiger partial charge is 0.314 e. The number of rotatable bonds is 7. The lowest BCUT2D eigenvalue weighted by atomic mass is 10.0. The molecule has 0 spiro atoms. The Kier molecular flexibility index (Phi) is 7.38. The van der Waals surface area contributed by atoms with Crippen LogP contribution in [0.2, 0.25) is 0 Å². The first kappa shape index (κ1) is 21.7. The summed E-state index contributed by atoms with van der Waals surface area (Å²) in [7, 11) is 0. The molecule has 0 N–H and O–H groups in total. The van der Waals surface area contributed by atoms with E-state index in [0.29, 0.717) is 11.5 Å². The molecule has 4 nitrogen and oxygen atoms in total. The SMILES string of the molecule is CCC(C)C(=O)Oc1ccc(-c2ccc(OC(=O)C(C)CC)c(C)c2)cc1C. The molecular formula is C24H30O4. The molecule has 0 heterocycles. The third-order valence-corrected chi connectivity index (χ3v) is 5.13. The summed E-state index contributed by atoms with van der Waals surface area (Å²) in [6.45, 7) is 11.5. The van der Waals surface area contributed by atoms with Crippen LogP contribution in [-0.2, 0) is 9.59 Å². The lowest BCUT2D eigenvalue weighted by molar-refractivity contribution is -0.139. The van der Waals surface area contributed by atoms with Crippen LogP contribution in [0.1, 0.15) is 51.7 Å². The van der Waals surface area contributed by atoms with Gasteiger partial charge in [-0.1, -0.05) is 39.8 Å². The molecule has 0 aliphatic carbocycles. The van der Waals surface area contributed by atoms with Crippen molar-refractivity contribution in [2.75, 3.05) is 0 Å². The van der Waals surface area contributed by atoms with E-state index >= 15 is 0 Å². The van der Waals surface area contributed by atoms with Gasteiger partial charge in [-0.05, 0) is 73.2 Å². The molecule has 28 heavy (non-hydrogen) atoms. The summed E-state index contributed by atoms with van der Waals surface area (Å²) in [5.41, 5.74) is 3.84. The van der Waals surface area contributed by atoms with E-state index in [1.54, 1.807) is 0 Å². The van der Waals surface area contributed by atoms with E-state index in [-0.39, 0.29) is 23.8 Å². The first-order valence-corrected chi connectivity index (χ1v) is 9.91. The fourth-order valence-corrected chi connectivity index (χ4v) is 2.64. The molecule has 2 aromatic carbocycles. The maximum absolute atomic E-state index is 12.0. The monoisotopic (exact) mass is 382 g/mol. The van der Waals surface area contributed by atoms with E-state index in [4.69, 9.17) is 9.47 Å². The van der Waals surface area contributed by atoms with E-state index in [2.05, 4.69) is 0 Å². The second kappa shape index (κ2) is 9.54. The Hall–Kier alpha value is -2.62. The number of esters is 2. The molecule has 0 fully saturated rings. The summed E-state index contributed by atoms with van der Waals surface area (Å²) in [5.74, 6) is 0.526. The largest absolute Gasteiger partial charge is 0.426 e. The fourth-order valence-electron chi connectivity index (χ4n) is 2.64. The first-order valence-electron chi connectivity index (χ1n) is 9.91. The van der Waals surface area contributed by atoms with Gasteiger partial charge in [0.2, 0.25) is 0 Å². The number of hydrogen-bond acceptors (Lipinski definition) is 4. The van der Waals surface area contributed by atoms with Crippen LogP contribution >= 0.6 is 0 Å². The maximum Gasteiger partial charge on any atom is 0.314 e. The minimum Gasteiger partial charge on any atom is -0.426 e. The number of carbonyl (C=O) groups excluding carboxylic acids is 2. The zero-order valence-corrected chi connectivity index (χ0v) is 17.7. The van der Waals surface area contributed by atoms with Crippen LogP contribution in [0.15, 0.2) is 36.4 Å². The Morgan fingerprint density at radius 3 is 1.39 bits per heavy atom. The molecular weight excluding hydrogens is 352 g/mol. The zero-order chi connectivity index (χ0) is 20.8. The van der Waals surface area contributed by atoms with Crippen LogP contribution in [0.25, 0.3) is 11.1 Å². The zero-order valence-electron chi connectivity index (χ0n) is 17.7. The highest BCUT2D eigenvalue weighted by atomic mass is 16.5. The van der Waals surface area contributed by atoms with Crippen molar-refractivity contribution >= 4 is 11.9 Å². The van der Waals surface area contributed by atoms with Gasteiger partial charge < -0.3 is 9.47 Å². The average Bonchev–Trinajstić information content (AvgIpc) is 2.69. The van der Waals surface area contributed by atoms with Crippen LogP contribution in [0.5, 0.6) is 11.5 Å². The van der Waals surface area contributed by atoms with E-state index in [1.165, 1.54) is 0 Å². The molecule has 2 rings (SSSR count). The molecule has 4 heteroatoms. The molecule has 150 valence electrons. The molecule has 0 amide bonds. The summed E-state index contributed by atoms with van der Waals surface area (Å²) < 4.78 is 11.0. The molecule has 2 unspecified atom stereocenters. The predicted octanol–water partition coefficient (Wildman–Crippen LogP) is 5.87. The van der Waals surface area contributed by atoms with Crippen molar-refractivity contribution in [1.29, 1.82) is 0 Å². The van der Waals surface area contributed by atoms with Gasteiger partial charge in [-0.15, -0.1) is 0 Å². The summed E-state index contributed by atoms with van der Waals surface area (Å²) in [6.07, 6.45) is 1.51. The van der Waals surface area contributed by atoms with E-state index < -0.39 is 0 Å². The van der Waals surface area contributed by atoms with Gasteiger partial charge in [0.15, 0.2) is 0 Å². The third kappa shape index (κ3) is 5.22. The highest BCUT2D eigenvalue weighted by molar-refractivity contribution is 5.77. The standard InChI is InChI=1S/C24H30O4/c1-7-15(3)23(25)27-21-11-9-19(13-17(21)5)20-10-12-22(18(6)14-20)28-24(26)16(4)8-2/h9-16H,7-8H2,1-6H3. The average molecular weight is 383 g/mol. The molecule has 0 aliphatic rings. The minimum atomic E-state index is -0.207. The summed E-state index contributed by atoms with van der Waals surface area (Å²) in [4.78, 5) is 24.1. The van der Waals surface area contributed by atoms with E-state index in [1.807, 2.05) is 77.9 Å². The topological polar surface area (TPSA) is 52.6 Å². The highest BCUT2D eigenvalue weighted by Crippen LogP contribution is 2.30. The van der Waals surface area contributed by atoms with Crippen molar-refractivity contribution in [3.8, 4) is 22.6 Å². The van der Waals surface area contributed by atoms with Gasteiger partial charge >= 0.3 is 11.9 Å². The van der Waals surface area contributed by atoms with Crippen molar-refractivity contribution in [3.05, 3.63) is 47.5 Å². The molecule has 0 bridgehead atoms. The summed E-state index contributed by atoms with van der Waals surface area (Å²) >= 11 is 0. The lowest BCUT2D eigenvalue weighted by Gasteiger charge is -2.14. The Morgan fingerprint density at radius 2 is 1.11 bits per heavy atom. The molecule has 0 aromatic heterocycles. The first-order chi connectivity index (χ1) is 13.3. The Labute approximate surface area is 167 Å². The molecule has 0 radical (unpaired) electrons. The van der Waals surface area contributed by atoms with Gasteiger partial charge in [-0.25, -0.2) is 0 Å². The van der Waals surface area contributed by atoms with Gasteiger partial charge in [0.1, 0.15) is 11.5 Å². The van der Waals surface area contributed by atoms with Gasteiger partial charge in [-0.2, -0.15) is 0 Å². The van der Waals surface area contributed by atoms with Crippen molar-refractivity contribution in [2.24, 2.45) is 11.8 Å². The second-order valence-corrected chi connectivity index (χ2v) is 7.42. The lowest BCUT2D eigenvalue weighted by Crippen LogP contribution is -2.17. The number of aryl methyl sites for hydroxylation is 2. The van der Waals surface area contributed by atoms with Crippen LogP contribution in [-0.4, -0.2) is 11.9 Å². The minimum absolute atomic E-state index is 0.118. The Morgan fingerprint density at radius 1 is 0.750 bits per heavy atom. The van der Waals surface area contributed by atoms with E-state index in [0.717, 1.165) is 35.1 Å². The highest BCUT2D eigenvalue weighted by Gasteiger charge is 2.16. The summed E-state index contributed by atoms with van der Waals surface area (Å²) in [6, 6.07) is 11.5. The number of ether oxygens (including phenoxy) is 2. The van der Waals surface area contributed by atoms with Crippen LogP contribution < -0.4 is 9.47 Å². The van der Waals surface area contributed by atoms with Gasteiger partial charge in [0, 0.05) is 0 Å². The van der Waals surface area contributed by atoms with Crippen molar-refractivity contribution < 1.29 is 19.1 Å². The predicted molar refractivity (Wildman–Crippen MR) is 112 cm³/mol. The fraction of sp³-hybridized carbons (Fsp3) is 0.417. The maximum atomic E-state index is 12.0. The number of benzene rings is 2.